The van der Waals surface area contributed by atoms with E-state index in [4.69, 9.17) is 5.73 Å². The normalized spacial score (nSPS) is 13.7. The topological polar surface area (TPSA) is 103 Å². The van der Waals surface area contributed by atoms with Gasteiger partial charge < -0.3 is 20.7 Å². The summed E-state index contributed by atoms with van der Waals surface area (Å²) in [6.07, 6.45) is 9.27. The quantitative estimate of drug-likeness (QED) is 0.728. The van der Waals surface area contributed by atoms with Crippen LogP contribution in [-0.4, -0.2) is 51.8 Å². The minimum absolute atomic E-state index is 0.167. The van der Waals surface area contributed by atoms with Gasteiger partial charge in [-0.15, -0.1) is 0 Å². The number of hydrogen-bond acceptors (Lipinski definition) is 4. The first-order valence-corrected chi connectivity index (χ1v) is 8.25. The Bertz CT molecular complexity index is 897. The number of fused-ring (bicyclic) bond motifs is 1. The number of rotatable bonds is 6. The Morgan fingerprint density at radius 2 is 2.23 bits per heavy atom. The maximum absolute atomic E-state index is 12.7. The number of amides is 2. The second-order valence-corrected chi connectivity index (χ2v) is 6.18. The fraction of sp³-hybridized carbons (Fsp3) is 0.211. The van der Waals surface area contributed by atoms with Crippen molar-refractivity contribution in [3.8, 4) is 5.75 Å². The minimum atomic E-state index is -0.576. The van der Waals surface area contributed by atoms with Crippen LogP contribution in [0.1, 0.15) is 5.56 Å². The van der Waals surface area contributed by atoms with Gasteiger partial charge in [0.05, 0.1) is 6.42 Å². The highest BCUT2D eigenvalue weighted by Crippen LogP contribution is 2.24. The number of primary amides is 1. The van der Waals surface area contributed by atoms with Gasteiger partial charge in [-0.05, 0) is 36.3 Å². The molecule has 135 valence electrons. The molecular weight excluding hydrogens is 332 g/mol. The van der Waals surface area contributed by atoms with Gasteiger partial charge in [-0.2, -0.15) is 0 Å². The zero-order chi connectivity index (χ0) is 18.7. The van der Waals surface area contributed by atoms with Gasteiger partial charge in [-0.3, -0.25) is 14.5 Å². The first-order chi connectivity index (χ1) is 12.5. The molecule has 0 spiro atoms. The van der Waals surface area contributed by atoms with E-state index in [1.807, 2.05) is 24.1 Å². The third kappa shape index (κ3) is 3.72. The van der Waals surface area contributed by atoms with E-state index in [9.17, 15) is 14.7 Å². The lowest BCUT2D eigenvalue weighted by molar-refractivity contribution is -0.131. The number of phenolic OH excluding ortho intramolecular Hbond substituents is 1. The molecule has 0 aliphatic carbocycles. The van der Waals surface area contributed by atoms with Crippen molar-refractivity contribution >= 4 is 22.7 Å². The summed E-state index contributed by atoms with van der Waals surface area (Å²) in [6.45, 7) is 0.462. The predicted octanol–water partition coefficient (Wildman–Crippen LogP) is 1.28. The highest BCUT2D eigenvalue weighted by Gasteiger charge is 2.23. The SMILES string of the molecule is CN1CC=CC=C1N(CC(N)=O)C(=O)[CH]Cc1c[nH]c2ccc(O)cc12. The highest BCUT2D eigenvalue weighted by molar-refractivity contribution is 5.92. The molecule has 1 aromatic carbocycles. The maximum atomic E-state index is 12.7. The van der Waals surface area contributed by atoms with Crippen molar-refractivity contribution in [2.75, 3.05) is 20.1 Å². The first-order valence-electron chi connectivity index (χ1n) is 8.25. The van der Waals surface area contributed by atoms with Crippen LogP contribution in [0.2, 0.25) is 0 Å². The van der Waals surface area contributed by atoms with Crippen LogP contribution in [0, 0.1) is 6.42 Å². The molecule has 1 aromatic heterocycles. The van der Waals surface area contributed by atoms with Crippen molar-refractivity contribution in [3.63, 3.8) is 0 Å². The zero-order valence-corrected chi connectivity index (χ0v) is 14.5. The van der Waals surface area contributed by atoms with Crippen molar-refractivity contribution < 1.29 is 14.7 Å². The Hall–Kier alpha value is -3.22. The molecule has 4 N–H and O–H groups in total. The Balaban J connectivity index is 1.77. The van der Waals surface area contributed by atoms with Gasteiger partial charge in [0.25, 0.3) is 0 Å². The Morgan fingerprint density at radius 3 is 2.96 bits per heavy atom. The second kappa shape index (κ2) is 7.35. The lowest BCUT2D eigenvalue weighted by Crippen LogP contribution is -2.43. The molecule has 7 nitrogen and oxygen atoms in total. The number of nitrogens with two attached hydrogens (primary N) is 1. The number of nitrogens with one attached hydrogen (secondary N) is 1. The lowest BCUT2D eigenvalue weighted by atomic mass is 10.1. The van der Waals surface area contributed by atoms with Crippen molar-refractivity contribution in [1.29, 1.82) is 0 Å². The van der Waals surface area contributed by atoms with Gasteiger partial charge in [-0.25, -0.2) is 0 Å². The molecule has 0 atom stereocenters. The second-order valence-electron chi connectivity index (χ2n) is 6.18. The van der Waals surface area contributed by atoms with Gasteiger partial charge in [0, 0.05) is 30.7 Å². The molecule has 2 heterocycles. The molecule has 2 amide bonds. The summed E-state index contributed by atoms with van der Waals surface area (Å²) in [5.41, 5.74) is 7.09. The molecule has 1 aliphatic heterocycles. The monoisotopic (exact) mass is 353 g/mol. The van der Waals surface area contributed by atoms with Gasteiger partial charge >= 0.3 is 0 Å². The lowest BCUT2D eigenvalue weighted by Gasteiger charge is -2.32. The summed E-state index contributed by atoms with van der Waals surface area (Å²) in [6, 6.07) is 5.04. The van der Waals surface area contributed by atoms with Crippen LogP contribution < -0.4 is 5.73 Å². The fourth-order valence-electron chi connectivity index (χ4n) is 2.96. The first kappa shape index (κ1) is 17.6. The summed E-state index contributed by atoms with van der Waals surface area (Å²) in [5, 5.41) is 10.5. The van der Waals surface area contributed by atoms with Gasteiger partial charge in [0.2, 0.25) is 11.8 Å². The molecule has 0 saturated heterocycles. The van der Waals surface area contributed by atoms with Crippen LogP contribution in [-0.2, 0) is 16.0 Å². The van der Waals surface area contributed by atoms with Crippen LogP contribution in [0.15, 0.2) is 48.4 Å². The number of hydrogen-bond donors (Lipinski definition) is 3. The summed E-state index contributed by atoms with van der Waals surface area (Å²) in [7, 11) is 1.85. The van der Waals surface area contributed by atoms with E-state index < -0.39 is 5.91 Å². The molecule has 26 heavy (non-hydrogen) atoms. The third-order valence-corrected chi connectivity index (χ3v) is 4.26. The number of aromatic amines is 1. The van der Waals surface area contributed by atoms with Crippen LogP contribution >= 0.6 is 0 Å². The average Bonchev–Trinajstić information content (AvgIpc) is 3.00. The predicted molar refractivity (Wildman–Crippen MR) is 98.7 cm³/mol. The third-order valence-electron chi connectivity index (χ3n) is 4.26. The molecule has 0 bridgehead atoms. The number of H-pyrrole nitrogens is 1. The Morgan fingerprint density at radius 1 is 1.42 bits per heavy atom. The molecular formula is C19H21N4O3. The van der Waals surface area contributed by atoms with Crippen molar-refractivity contribution in [2.45, 2.75) is 6.42 Å². The molecule has 1 aliphatic rings. The number of phenols is 1. The summed E-state index contributed by atoms with van der Waals surface area (Å²) in [5.74, 6) is -0.0794. The number of aromatic nitrogens is 1. The Kier molecular flexibility index (Phi) is 4.97. The molecule has 2 aromatic rings. The fourth-order valence-corrected chi connectivity index (χ4v) is 2.96. The number of nitrogens with zero attached hydrogens (tertiary/aromatic N) is 2. The summed E-state index contributed by atoms with van der Waals surface area (Å²) in [4.78, 5) is 30.5. The summed E-state index contributed by atoms with van der Waals surface area (Å²) < 4.78 is 0. The number of allylic oxidation sites excluding steroid dienone is 2. The van der Waals surface area contributed by atoms with E-state index in [0.717, 1.165) is 16.5 Å². The molecule has 3 rings (SSSR count). The van der Waals surface area contributed by atoms with Crippen molar-refractivity contribution in [1.82, 2.24) is 14.8 Å². The van der Waals surface area contributed by atoms with E-state index in [1.165, 1.54) is 11.3 Å². The maximum Gasteiger partial charge on any atom is 0.237 e. The van der Waals surface area contributed by atoms with E-state index in [0.29, 0.717) is 18.8 Å². The standard InChI is InChI=1S/C19H21N4O3/c1-22-9-3-2-4-18(22)23(12-17(20)25)19(26)8-5-13-11-21-16-7-6-14(24)10-15(13)16/h2-4,6-8,10-11,21,24H,5,9,12H2,1H3,(H2,20,25). The average molecular weight is 353 g/mol. The van der Waals surface area contributed by atoms with Gasteiger partial charge in [0.15, 0.2) is 0 Å². The number of benzene rings is 1. The van der Waals surface area contributed by atoms with Crippen LogP contribution in [0.5, 0.6) is 5.75 Å². The van der Waals surface area contributed by atoms with Crippen molar-refractivity contribution in [3.05, 3.63) is 60.4 Å². The number of carbonyl (C=O) groups excluding carboxylic acids is 2. The molecule has 1 radical (unpaired) electrons. The van der Waals surface area contributed by atoms with Crippen LogP contribution in [0.3, 0.4) is 0 Å². The number of aromatic hydroxyl groups is 1. The van der Waals surface area contributed by atoms with Gasteiger partial charge in [-0.1, -0.05) is 12.2 Å². The van der Waals surface area contributed by atoms with Gasteiger partial charge in [0.1, 0.15) is 18.1 Å². The molecule has 0 unspecified atom stereocenters. The summed E-state index contributed by atoms with van der Waals surface area (Å²) >= 11 is 0. The number of likely N-dealkylation sites (N-methyl/N-ethyl adjacent to an activating group) is 1. The van der Waals surface area contributed by atoms with E-state index in [-0.39, 0.29) is 18.2 Å². The van der Waals surface area contributed by atoms with E-state index in [1.54, 1.807) is 30.5 Å². The van der Waals surface area contributed by atoms with Crippen LogP contribution in [0.25, 0.3) is 10.9 Å². The smallest absolute Gasteiger partial charge is 0.237 e. The van der Waals surface area contributed by atoms with Crippen molar-refractivity contribution in [2.24, 2.45) is 5.73 Å². The van der Waals surface area contributed by atoms with E-state index >= 15 is 0 Å². The molecule has 0 fully saturated rings. The highest BCUT2D eigenvalue weighted by atomic mass is 16.3. The van der Waals surface area contributed by atoms with Crippen LogP contribution in [0.4, 0.5) is 0 Å². The number of carbonyl (C=O) groups is 2. The molecule has 7 heteroatoms. The Labute approximate surface area is 151 Å². The van der Waals surface area contributed by atoms with E-state index in [2.05, 4.69) is 4.98 Å². The zero-order valence-electron chi connectivity index (χ0n) is 14.5. The minimum Gasteiger partial charge on any atom is -0.508 e. The molecule has 0 saturated carbocycles. The largest absolute Gasteiger partial charge is 0.508 e.